The van der Waals surface area contributed by atoms with Crippen LogP contribution in [0.25, 0.3) is 0 Å². The lowest BCUT2D eigenvalue weighted by Crippen LogP contribution is -2.10. The fraction of sp³-hybridized carbons (Fsp3) is 0.111. The van der Waals surface area contributed by atoms with Crippen molar-refractivity contribution in [1.29, 1.82) is 0 Å². The zero-order chi connectivity index (χ0) is 7.68. The predicted molar refractivity (Wildman–Crippen MR) is 39.3 cm³/mol. The van der Waals surface area contributed by atoms with E-state index in [4.69, 9.17) is 4.74 Å². The number of ether oxygens (including phenoxy) is 1. The van der Waals surface area contributed by atoms with E-state index in [0.717, 1.165) is 0 Å². The Balaban J connectivity index is 2.52. The number of Topliss-reactive ketones (excluding diaryl/α,β-unsaturated/α-hetero) is 1. The lowest BCUT2D eigenvalue weighted by molar-refractivity contribution is 0.0960. The maximum Gasteiger partial charge on any atom is 0.204 e. The Kier molecular flexibility index (Phi) is 1.39. The van der Waals surface area contributed by atoms with Gasteiger partial charge in [0.05, 0.1) is 12.0 Å². The number of benzene rings is 1. The second-order valence-electron chi connectivity index (χ2n) is 2.34. The maximum atomic E-state index is 11.1. The monoisotopic (exact) mass is 146 g/mol. The van der Waals surface area contributed by atoms with Gasteiger partial charge in [0.2, 0.25) is 6.61 Å². The van der Waals surface area contributed by atoms with Crippen LogP contribution in [0.5, 0.6) is 5.75 Å². The summed E-state index contributed by atoms with van der Waals surface area (Å²) in [5.41, 5.74) is 0.659. The summed E-state index contributed by atoms with van der Waals surface area (Å²) in [6, 6.07) is 7.18. The molecule has 0 saturated carbocycles. The molecule has 1 aromatic carbocycles. The summed E-state index contributed by atoms with van der Waals surface area (Å²) in [5.74, 6) is 0.690. The lowest BCUT2D eigenvalue weighted by atomic mass is 10.1. The number of hydrogen-bond acceptors (Lipinski definition) is 2. The minimum absolute atomic E-state index is 0.0758. The third-order valence-corrected chi connectivity index (χ3v) is 1.60. The van der Waals surface area contributed by atoms with Gasteiger partial charge in [-0.3, -0.25) is 4.79 Å². The highest BCUT2D eigenvalue weighted by molar-refractivity contribution is 6.00. The van der Waals surface area contributed by atoms with Crippen molar-refractivity contribution in [3.05, 3.63) is 36.4 Å². The summed E-state index contributed by atoms with van der Waals surface area (Å²) in [5, 5.41) is 0. The number of carbonyl (C=O) groups excluding carboxylic acids is 1. The lowest BCUT2D eigenvalue weighted by Gasteiger charge is -2.13. The Hall–Kier alpha value is -1.31. The Morgan fingerprint density at radius 3 is 3.00 bits per heavy atom. The van der Waals surface area contributed by atoms with Crippen LogP contribution in [0, 0.1) is 6.61 Å². The molecule has 0 spiro atoms. The molecule has 2 radical (unpaired) electrons. The van der Waals surface area contributed by atoms with Gasteiger partial charge in [-0.05, 0) is 12.1 Å². The summed E-state index contributed by atoms with van der Waals surface area (Å²) < 4.78 is 5.02. The number of carbonyl (C=O) groups is 1. The van der Waals surface area contributed by atoms with Crippen LogP contribution in [-0.4, -0.2) is 5.78 Å². The highest BCUT2D eigenvalue weighted by atomic mass is 16.5. The van der Waals surface area contributed by atoms with Gasteiger partial charge in [0.25, 0.3) is 0 Å². The molecule has 54 valence electrons. The first-order valence-corrected chi connectivity index (χ1v) is 3.40. The largest absolute Gasteiger partial charge is 0.477 e. The molecule has 0 aliphatic carbocycles. The van der Waals surface area contributed by atoms with Crippen molar-refractivity contribution in [1.82, 2.24) is 0 Å². The van der Waals surface area contributed by atoms with Crippen LogP contribution in [0.1, 0.15) is 16.8 Å². The van der Waals surface area contributed by atoms with E-state index in [2.05, 4.69) is 6.61 Å². The van der Waals surface area contributed by atoms with E-state index in [1.54, 1.807) is 12.1 Å². The molecule has 0 atom stereocenters. The number of hydrogen-bond donors (Lipinski definition) is 0. The molecule has 0 bridgehead atoms. The summed E-state index contributed by atoms with van der Waals surface area (Å²) in [7, 11) is 0. The van der Waals surface area contributed by atoms with Crippen molar-refractivity contribution in [3.63, 3.8) is 0 Å². The molecule has 0 aromatic heterocycles. The Morgan fingerprint density at radius 2 is 2.18 bits per heavy atom. The first kappa shape index (κ1) is 6.40. The van der Waals surface area contributed by atoms with E-state index >= 15 is 0 Å². The molecule has 1 aliphatic heterocycles. The summed E-state index contributed by atoms with van der Waals surface area (Å²) >= 11 is 0. The zero-order valence-corrected chi connectivity index (χ0v) is 5.83. The smallest absolute Gasteiger partial charge is 0.204 e. The van der Waals surface area contributed by atoms with Crippen molar-refractivity contribution >= 4 is 5.78 Å². The number of rotatable bonds is 0. The van der Waals surface area contributed by atoms with Gasteiger partial charge in [0.1, 0.15) is 5.75 Å². The highest BCUT2D eigenvalue weighted by Crippen LogP contribution is 2.24. The van der Waals surface area contributed by atoms with Gasteiger partial charge in [-0.1, -0.05) is 12.1 Å². The highest BCUT2D eigenvalue weighted by Gasteiger charge is 2.17. The van der Waals surface area contributed by atoms with Gasteiger partial charge in [0, 0.05) is 0 Å². The molecule has 2 nitrogen and oxygen atoms in total. The van der Waals surface area contributed by atoms with Gasteiger partial charge in [-0.2, -0.15) is 0 Å². The Bertz CT molecular complexity index is 291. The minimum atomic E-state index is 0.0758. The minimum Gasteiger partial charge on any atom is -0.477 e. The van der Waals surface area contributed by atoms with E-state index in [9.17, 15) is 4.79 Å². The van der Waals surface area contributed by atoms with Crippen LogP contribution < -0.4 is 4.74 Å². The van der Waals surface area contributed by atoms with E-state index < -0.39 is 0 Å². The van der Waals surface area contributed by atoms with Crippen LogP contribution in [0.3, 0.4) is 0 Å². The van der Waals surface area contributed by atoms with Gasteiger partial charge in [-0.25, -0.2) is 0 Å². The maximum absolute atomic E-state index is 11.1. The molecule has 2 heteroatoms. The van der Waals surface area contributed by atoms with Crippen molar-refractivity contribution in [3.8, 4) is 5.75 Å². The average Bonchev–Trinajstić information content (AvgIpc) is 2.06. The molecular weight excluding hydrogens is 140 g/mol. The van der Waals surface area contributed by atoms with Crippen molar-refractivity contribution in [2.45, 2.75) is 6.42 Å². The first-order valence-electron chi connectivity index (χ1n) is 3.40. The number of fused-ring (bicyclic) bond motifs is 1. The van der Waals surface area contributed by atoms with Crippen LogP contribution >= 0.6 is 0 Å². The standard InChI is InChI=1S/C9H6O2/c10-8-5-6-11-9-4-2-1-3-7(8)9/h1-4H,5H2. The predicted octanol–water partition coefficient (Wildman–Crippen LogP) is 1.69. The summed E-state index contributed by atoms with van der Waals surface area (Å²) in [6.07, 6.45) is 0.261. The van der Waals surface area contributed by atoms with E-state index in [0.29, 0.717) is 11.3 Å². The molecule has 0 fully saturated rings. The van der Waals surface area contributed by atoms with E-state index in [1.807, 2.05) is 12.1 Å². The first-order chi connectivity index (χ1) is 5.38. The topological polar surface area (TPSA) is 26.3 Å². The third-order valence-electron chi connectivity index (χ3n) is 1.60. The molecule has 0 N–H and O–H groups in total. The normalized spacial score (nSPS) is 15.5. The molecule has 0 saturated heterocycles. The average molecular weight is 146 g/mol. The molecule has 0 unspecified atom stereocenters. The van der Waals surface area contributed by atoms with Gasteiger partial charge in [0.15, 0.2) is 5.78 Å². The van der Waals surface area contributed by atoms with Crippen LogP contribution in [0.15, 0.2) is 24.3 Å². The fourth-order valence-electron chi connectivity index (χ4n) is 1.06. The van der Waals surface area contributed by atoms with Crippen molar-refractivity contribution in [2.75, 3.05) is 0 Å². The Morgan fingerprint density at radius 1 is 1.36 bits per heavy atom. The third kappa shape index (κ3) is 1.00. The molecule has 11 heavy (non-hydrogen) atoms. The quantitative estimate of drug-likeness (QED) is 0.556. The van der Waals surface area contributed by atoms with Crippen molar-refractivity contribution < 1.29 is 9.53 Å². The SMILES string of the molecule is O=C1C[C]Oc2ccccc21. The summed E-state index contributed by atoms with van der Waals surface area (Å²) in [4.78, 5) is 11.1. The molecule has 1 heterocycles. The second kappa shape index (κ2) is 2.38. The van der Waals surface area contributed by atoms with E-state index in [1.165, 1.54) is 0 Å². The Labute approximate surface area is 64.8 Å². The molecular formula is C9H6O2. The van der Waals surface area contributed by atoms with Crippen molar-refractivity contribution in [2.24, 2.45) is 0 Å². The molecule has 1 aromatic rings. The van der Waals surface area contributed by atoms with Gasteiger partial charge < -0.3 is 4.74 Å². The van der Waals surface area contributed by atoms with Crippen LogP contribution in [0.2, 0.25) is 0 Å². The molecule has 2 rings (SSSR count). The molecule has 1 aliphatic rings. The second-order valence-corrected chi connectivity index (χ2v) is 2.34. The summed E-state index contributed by atoms with van der Waals surface area (Å²) in [6.45, 7) is 2.54. The molecule has 0 amide bonds. The fourth-order valence-corrected chi connectivity index (χ4v) is 1.06. The van der Waals surface area contributed by atoms with Crippen LogP contribution in [-0.2, 0) is 0 Å². The van der Waals surface area contributed by atoms with Gasteiger partial charge in [-0.15, -0.1) is 0 Å². The number of ketones is 1. The van der Waals surface area contributed by atoms with E-state index in [-0.39, 0.29) is 12.2 Å². The van der Waals surface area contributed by atoms with Gasteiger partial charge >= 0.3 is 0 Å². The zero-order valence-electron chi connectivity index (χ0n) is 5.83. The van der Waals surface area contributed by atoms with Crippen LogP contribution in [0.4, 0.5) is 0 Å². The number of para-hydroxylation sites is 1.